The number of aliphatic imine (C=N–C) groups is 2. The molecule has 1 heterocycles. The number of rotatable bonds is 7. The maximum absolute atomic E-state index is 6.69. The number of allylic oxidation sites excluding steroid dienone is 1. The van der Waals surface area contributed by atoms with Crippen molar-refractivity contribution in [1.29, 1.82) is 0 Å². The van der Waals surface area contributed by atoms with Crippen molar-refractivity contribution in [1.82, 2.24) is 0 Å². The Morgan fingerprint density at radius 1 is 0.474 bits per heavy atom. The monoisotopic (exact) mass is 728 g/mol. The molecule has 0 saturated carbocycles. The molecule has 0 N–H and O–H groups in total. The fourth-order valence-corrected chi connectivity index (χ4v) is 8.05. The molecule has 0 atom stereocenters. The minimum atomic E-state index is 0.540. The van der Waals surface area contributed by atoms with Crippen molar-refractivity contribution in [2.75, 3.05) is 0 Å². The molecule has 57 heavy (non-hydrogen) atoms. The molecule has 0 spiro atoms. The van der Waals surface area contributed by atoms with Crippen molar-refractivity contribution in [3.8, 4) is 22.3 Å². The van der Waals surface area contributed by atoms with Gasteiger partial charge < -0.3 is 4.42 Å². The minimum Gasteiger partial charge on any atom is -0.455 e. The van der Waals surface area contributed by atoms with Crippen LogP contribution >= 0.6 is 0 Å². The molecule has 0 aliphatic carbocycles. The van der Waals surface area contributed by atoms with Crippen molar-refractivity contribution < 1.29 is 4.42 Å². The van der Waals surface area contributed by atoms with Crippen LogP contribution in [0, 0.1) is 0 Å². The number of benzene rings is 9. The van der Waals surface area contributed by atoms with Gasteiger partial charge in [0.15, 0.2) is 5.84 Å². The zero-order chi connectivity index (χ0) is 38.3. The van der Waals surface area contributed by atoms with Gasteiger partial charge in [0.05, 0.1) is 11.4 Å². The molecule has 10 aromatic rings. The molecule has 3 heteroatoms. The van der Waals surface area contributed by atoms with E-state index >= 15 is 0 Å². The molecule has 0 saturated heterocycles. The number of para-hydroxylation sites is 1. The van der Waals surface area contributed by atoms with E-state index in [2.05, 4.69) is 183 Å². The van der Waals surface area contributed by atoms with E-state index in [9.17, 15) is 0 Å². The maximum atomic E-state index is 6.69. The second-order valence-corrected chi connectivity index (χ2v) is 14.2. The van der Waals surface area contributed by atoms with Gasteiger partial charge in [0, 0.05) is 33.0 Å². The summed E-state index contributed by atoms with van der Waals surface area (Å²) in [4.78, 5) is 10.5. The highest BCUT2D eigenvalue weighted by Crippen LogP contribution is 2.42. The highest BCUT2D eigenvalue weighted by atomic mass is 16.3. The molecule has 1 aromatic heterocycles. The van der Waals surface area contributed by atoms with Crippen LogP contribution in [0.2, 0.25) is 0 Å². The zero-order valence-corrected chi connectivity index (χ0v) is 31.2. The topological polar surface area (TPSA) is 37.9 Å². The molecule has 10 rings (SSSR count). The van der Waals surface area contributed by atoms with E-state index in [1.54, 1.807) is 6.08 Å². The zero-order valence-electron chi connectivity index (χ0n) is 31.2. The summed E-state index contributed by atoms with van der Waals surface area (Å²) in [5, 5.41) is 9.01. The average molecular weight is 729 g/mol. The Bertz CT molecular complexity index is 3260. The highest BCUT2D eigenvalue weighted by molar-refractivity contribution is 6.20. The molecule has 268 valence electrons. The van der Waals surface area contributed by atoms with Crippen LogP contribution in [-0.2, 0) is 0 Å². The lowest BCUT2D eigenvalue weighted by atomic mass is 9.94. The predicted molar refractivity (Wildman–Crippen MR) is 242 cm³/mol. The third-order valence-corrected chi connectivity index (χ3v) is 10.9. The van der Waals surface area contributed by atoms with Crippen LogP contribution < -0.4 is 0 Å². The van der Waals surface area contributed by atoms with Gasteiger partial charge in [-0.15, -0.1) is 0 Å². The van der Waals surface area contributed by atoms with Gasteiger partial charge in [0.2, 0.25) is 0 Å². The van der Waals surface area contributed by atoms with Crippen molar-refractivity contribution in [2.24, 2.45) is 9.98 Å². The highest BCUT2D eigenvalue weighted by Gasteiger charge is 2.19. The maximum Gasteiger partial charge on any atom is 0.160 e. The average Bonchev–Trinajstić information content (AvgIpc) is 3.67. The lowest BCUT2D eigenvalue weighted by Gasteiger charge is -2.12. The predicted octanol–water partition coefficient (Wildman–Crippen LogP) is 14.5. The lowest BCUT2D eigenvalue weighted by molar-refractivity contribution is 0.670. The largest absolute Gasteiger partial charge is 0.455 e. The SMILES string of the molecule is C=C/C(=N\C(=N/C(=C)c1ccc(-c2cccc3ccccc23)c2oc3ccccc3c12)c1ccc2ccccc2c1)c1ccc(-c2cccc3ccccc23)cc1. The first-order valence-electron chi connectivity index (χ1n) is 19.1. The Kier molecular flexibility index (Phi) is 8.46. The van der Waals surface area contributed by atoms with Crippen LogP contribution in [0.3, 0.4) is 0 Å². The molecule has 0 bridgehead atoms. The first-order chi connectivity index (χ1) is 28.1. The smallest absolute Gasteiger partial charge is 0.160 e. The molecule has 3 nitrogen and oxygen atoms in total. The number of hydrogen-bond donors (Lipinski definition) is 0. The Labute approximate surface area is 330 Å². The van der Waals surface area contributed by atoms with Crippen LogP contribution in [0.25, 0.3) is 82.2 Å². The second-order valence-electron chi connectivity index (χ2n) is 14.2. The normalized spacial score (nSPS) is 12.2. The van der Waals surface area contributed by atoms with E-state index in [4.69, 9.17) is 14.4 Å². The van der Waals surface area contributed by atoms with Crippen molar-refractivity contribution in [3.63, 3.8) is 0 Å². The fourth-order valence-electron chi connectivity index (χ4n) is 8.05. The van der Waals surface area contributed by atoms with Crippen LogP contribution in [0.1, 0.15) is 16.7 Å². The number of fused-ring (bicyclic) bond motifs is 6. The Morgan fingerprint density at radius 2 is 1.07 bits per heavy atom. The summed E-state index contributed by atoms with van der Waals surface area (Å²) in [5.41, 5.74) is 10.1. The number of nitrogens with zero attached hydrogens (tertiary/aromatic N) is 2. The van der Waals surface area contributed by atoms with E-state index in [-0.39, 0.29) is 0 Å². The van der Waals surface area contributed by atoms with Gasteiger partial charge >= 0.3 is 0 Å². The molecule has 0 unspecified atom stereocenters. The molecule has 0 radical (unpaired) electrons. The van der Waals surface area contributed by atoms with E-state index < -0.39 is 0 Å². The van der Waals surface area contributed by atoms with Gasteiger partial charge in [-0.1, -0.05) is 183 Å². The van der Waals surface area contributed by atoms with E-state index in [1.165, 1.54) is 27.1 Å². The van der Waals surface area contributed by atoms with Crippen LogP contribution in [0.15, 0.2) is 222 Å². The van der Waals surface area contributed by atoms with Gasteiger partial charge in [-0.3, -0.25) is 0 Å². The van der Waals surface area contributed by atoms with E-state index in [0.717, 1.165) is 66.1 Å². The van der Waals surface area contributed by atoms with Gasteiger partial charge in [-0.25, -0.2) is 9.98 Å². The number of hydrogen-bond acceptors (Lipinski definition) is 2. The Morgan fingerprint density at radius 3 is 1.81 bits per heavy atom. The van der Waals surface area contributed by atoms with Crippen molar-refractivity contribution in [3.05, 3.63) is 224 Å². The fraction of sp³-hybridized carbons (Fsp3) is 0. The molecule has 0 aliphatic rings. The number of furan rings is 1. The second kappa shape index (κ2) is 14.2. The summed E-state index contributed by atoms with van der Waals surface area (Å²) in [6.07, 6.45) is 1.80. The summed E-state index contributed by atoms with van der Waals surface area (Å²) in [6.45, 7) is 8.79. The van der Waals surface area contributed by atoms with Crippen molar-refractivity contribution in [2.45, 2.75) is 0 Å². The third kappa shape index (κ3) is 6.12. The molecular weight excluding hydrogens is 693 g/mol. The first-order valence-corrected chi connectivity index (χ1v) is 19.1. The molecule has 0 fully saturated rings. The number of amidine groups is 1. The minimum absolute atomic E-state index is 0.540. The molecule has 0 amide bonds. The summed E-state index contributed by atoms with van der Waals surface area (Å²) in [5.74, 6) is 0.540. The quantitative estimate of drug-likeness (QED) is 0.119. The third-order valence-electron chi connectivity index (χ3n) is 10.9. The summed E-state index contributed by atoms with van der Waals surface area (Å²) in [7, 11) is 0. The van der Waals surface area contributed by atoms with Crippen LogP contribution in [0.4, 0.5) is 0 Å². The van der Waals surface area contributed by atoms with Gasteiger partial charge in [-0.05, 0) is 73.3 Å². The van der Waals surface area contributed by atoms with Gasteiger partial charge in [0.25, 0.3) is 0 Å². The van der Waals surface area contributed by atoms with Crippen LogP contribution in [0.5, 0.6) is 0 Å². The van der Waals surface area contributed by atoms with E-state index in [1.807, 2.05) is 18.2 Å². The van der Waals surface area contributed by atoms with Gasteiger partial charge in [-0.2, -0.15) is 0 Å². The van der Waals surface area contributed by atoms with Crippen LogP contribution in [-0.4, -0.2) is 11.5 Å². The summed E-state index contributed by atoms with van der Waals surface area (Å²) >= 11 is 0. The standard InChI is InChI=1S/C54H36N2O/c1-3-50(40-29-27-39(28-30-40)45-23-12-18-37-15-6-8-20-44(37)45)56-54(42-31-26-36-14-4-5-17-41(36)34-42)55-35(2)43-32-33-48(47-24-13-19-38-16-7-9-21-46(38)47)53-52(43)49-22-10-11-25-51(49)57-53/h3-34H,1-2H2/b55-54-,56-50+. The molecule has 0 aliphatic heterocycles. The Hall–Kier alpha value is -7.62. The van der Waals surface area contributed by atoms with E-state index in [0.29, 0.717) is 17.2 Å². The molecule has 9 aromatic carbocycles. The van der Waals surface area contributed by atoms with Crippen molar-refractivity contribution >= 4 is 71.5 Å². The first kappa shape index (κ1) is 33.9. The van der Waals surface area contributed by atoms with Gasteiger partial charge in [0.1, 0.15) is 11.2 Å². The summed E-state index contributed by atoms with van der Waals surface area (Å²) < 4.78 is 6.69. The molecular formula is C54H36N2O. The summed E-state index contributed by atoms with van der Waals surface area (Å²) in [6, 6.07) is 65.4. The Balaban J connectivity index is 1.12. The lowest BCUT2D eigenvalue weighted by Crippen LogP contribution is -2.05.